The molecule has 1 saturated carbocycles. The quantitative estimate of drug-likeness (QED) is 0.339. The van der Waals surface area contributed by atoms with Crippen LogP contribution in [0.1, 0.15) is 58.9 Å². The molecule has 0 unspecified atom stereocenters. The standard InChI is InChI=1S/C17H21N3O9/c21-9(22)6-18-14(26)11-13(25)12(15(27)19-7-10(23)24)17(29)20(16(11)28)8-4-2-1-3-5-8/h8,25,28H,1-7H2,(H,18,26)(H,19,27)(H,21,22)(H,23,24). The van der Waals surface area contributed by atoms with Crippen molar-refractivity contribution in [1.29, 1.82) is 0 Å². The summed E-state index contributed by atoms with van der Waals surface area (Å²) in [4.78, 5) is 58.9. The molecule has 0 spiro atoms. The molecule has 1 aromatic heterocycles. The van der Waals surface area contributed by atoms with Crippen molar-refractivity contribution in [3.8, 4) is 11.6 Å². The van der Waals surface area contributed by atoms with Gasteiger partial charge in [-0.15, -0.1) is 0 Å². The number of carbonyl (C=O) groups excluding carboxylic acids is 2. The maximum Gasteiger partial charge on any atom is 0.322 e. The fourth-order valence-electron chi connectivity index (χ4n) is 3.25. The summed E-state index contributed by atoms with van der Waals surface area (Å²) in [6, 6.07) is -0.547. The van der Waals surface area contributed by atoms with Crippen LogP contribution in [0.25, 0.3) is 0 Å². The third-order valence-corrected chi connectivity index (χ3v) is 4.55. The van der Waals surface area contributed by atoms with Crippen LogP contribution < -0.4 is 16.2 Å². The van der Waals surface area contributed by atoms with Crippen LogP contribution in [0.15, 0.2) is 4.79 Å². The average Bonchev–Trinajstić information content (AvgIpc) is 2.65. The van der Waals surface area contributed by atoms with E-state index in [4.69, 9.17) is 10.2 Å². The smallest absolute Gasteiger partial charge is 0.322 e. The summed E-state index contributed by atoms with van der Waals surface area (Å²) in [5, 5.41) is 42.2. The summed E-state index contributed by atoms with van der Waals surface area (Å²) in [6.07, 6.45) is 3.33. The maximum atomic E-state index is 12.8. The van der Waals surface area contributed by atoms with Gasteiger partial charge < -0.3 is 31.1 Å². The van der Waals surface area contributed by atoms with Gasteiger partial charge in [0.25, 0.3) is 17.4 Å². The largest absolute Gasteiger partial charge is 0.506 e. The molecule has 158 valence electrons. The van der Waals surface area contributed by atoms with Gasteiger partial charge in [0.15, 0.2) is 5.75 Å². The van der Waals surface area contributed by atoms with Gasteiger partial charge >= 0.3 is 11.9 Å². The van der Waals surface area contributed by atoms with Crippen molar-refractivity contribution < 1.29 is 39.6 Å². The second-order valence-electron chi connectivity index (χ2n) is 6.54. The van der Waals surface area contributed by atoms with Gasteiger partial charge in [-0.05, 0) is 12.8 Å². The first-order valence-electron chi connectivity index (χ1n) is 8.85. The predicted octanol–water partition coefficient (Wildman–Crippen LogP) is -0.607. The van der Waals surface area contributed by atoms with Crippen LogP contribution in [0.5, 0.6) is 11.6 Å². The van der Waals surface area contributed by atoms with Crippen LogP contribution in [0.4, 0.5) is 0 Å². The number of rotatable bonds is 7. The molecule has 1 aliphatic carbocycles. The van der Waals surface area contributed by atoms with Crippen molar-refractivity contribution in [1.82, 2.24) is 15.2 Å². The Bertz CT molecular complexity index is 900. The van der Waals surface area contributed by atoms with Gasteiger partial charge in [0.2, 0.25) is 5.88 Å². The number of nitrogens with one attached hydrogen (secondary N) is 2. The molecule has 1 fully saturated rings. The molecule has 0 aliphatic heterocycles. The number of carboxylic acids is 2. The molecule has 1 aliphatic rings. The first-order chi connectivity index (χ1) is 13.6. The van der Waals surface area contributed by atoms with Gasteiger partial charge in [0, 0.05) is 6.04 Å². The highest BCUT2D eigenvalue weighted by molar-refractivity contribution is 6.06. The summed E-state index contributed by atoms with van der Waals surface area (Å²) in [5.74, 6) is -7.30. The van der Waals surface area contributed by atoms with Gasteiger partial charge in [-0.2, -0.15) is 0 Å². The van der Waals surface area contributed by atoms with E-state index in [9.17, 15) is 34.2 Å². The number of aromatic hydroxyl groups is 2. The van der Waals surface area contributed by atoms with E-state index in [1.165, 1.54) is 0 Å². The Labute approximate surface area is 163 Å². The molecule has 0 saturated heterocycles. The summed E-state index contributed by atoms with van der Waals surface area (Å²) < 4.78 is 0.824. The Kier molecular flexibility index (Phi) is 6.80. The molecule has 6 N–H and O–H groups in total. The number of pyridine rings is 1. The summed E-state index contributed by atoms with van der Waals surface area (Å²) in [5.41, 5.74) is -2.82. The zero-order valence-corrected chi connectivity index (χ0v) is 15.3. The number of carbonyl (C=O) groups is 4. The number of aromatic nitrogens is 1. The van der Waals surface area contributed by atoms with E-state index in [1.54, 1.807) is 0 Å². The lowest BCUT2D eigenvalue weighted by Crippen LogP contribution is -2.39. The molecule has 0 radical (unpaired) electrons. The fourth-order valence-corrected chi connectivity index (χ4v) is 3.25. The number of aliphatic carboxylic acids is 2. The van der Waals surface area contributed by atoms with Crippen molar-refractivity contribution in [2.75, 3.05) is 13.1 Å². The first kappa shape index (κ1) is 21.7. The Morgan fingerprint density at radius 2 is 1.34 bits per heavy atom. The van der Waals surface area contributed by atoms with E-state index >= 15 is 0 Å². The zero-order chi connectivity index (χ0) is 21.7. The molecule has 1 heterocycles. The van der Waals surface area contributed by atoms with Crippen LogP contribution in [0.3, 0.4) is 0 Å². The van der Waals surface area contributed by atoms with Gasteiger partial charge in [-0.1, -0.05) is 19.3 Å². The minimum absolute atomic E-state index is 0.477. The number of hydrogen-bond donors (Lipinski definition) is 6. The lowest BCUT2D eigenvalue weighted by molar-refractivity contribution is -0.136. The molecule has 2 rings (SSSR count). The van der Waals surface area contributed by atoms with E-state index in [0.29, 0.717) is 12.8 Å². The van der Waals surface area contributed by atoms with E-state index in [-0.39, 0.29) is 0 Å². The van der Waals surface area contributed by atoms with Gasteiger partial charge in [0.05, 0.1) is 0 Å². The van der Waals surface area contributed by atoms with E-state index in [1.807, 2.05) is 10.6 Å². The van der Waals surface area contributed by atoms with Gasteiger partial charge in [-0.3, -0.25) is 28.5 Å². The predicted molar refractivity (Wildman–Crippen MR) is 96.1 cm³/mol. The van der Waals surface area contributed by atoms with Crippen molar-refractivity contribution in [3.63, 3.8) is 0 Å². The second-order valence-corrected chi connectivity index (χ2v) is 6.54. The third-order valence-electron chi connectivity index (χ3n) is 4.55. The summed E-state index contributed by atoms with van der Waals surface area (Å²) >= 11 is 0. The van der Waals surface area contributed by atoms with Crippen molar-refractivity contribution in [3.05, 3.63) is 21.5 Å². The zero-order valence-electron chi connectivity index (χ0n) is 15.3. The normalized spacial score (nSPS) is 14.2. The average molecular weight is 411 g/mol. The minimum atomic E-state index is -1.40. The van der Waals surface area contributed by atoms with Crippen molar-refractivity contribution in [2.24, 2.45) is 0 Å². The molecular weight excluding hydrogens is 390 g/mol. The van der Waals surface area contributed by atoms with Gasteiger partial charge in [-0.25, -0.2) is 0 Å². The number of hydrogen-bond acceptors (Lipinski definition) is 7. The van der Waals surface area contributed by atoms with E-state index in [0.717, 1.165) is 23.8 Å². The molecular formula is C17H21N3O9. The number of nitrogens with zero attached hydrogens (tertiary/aromatic N) is 1. The van der Waals surface area contributed by atoms with Crippen LogP contribution in [-0.2, 0) is 9.59 Å². The van der Waals surface area contributed by atoms with E-state index < -0.39 is 71.2 Å². The molecule has 29 heavy (non-hydrogen) atoms. The maximum absolute atomic E-state index is 12.8. The SMILES string of the molecule is O=C(O)CNC(=O)c1c(O)c(C(=O)NCC(=O)O)c(=O)n(C2CCCCC2)c1O. The Morgan fingerprint density at radius 1 is 0.862 bits per heavy atom. The van der Waals surface area contributed by atoms with Crippen LogP contribution in [0.2, 0.25) is 0 Å². The topological polar surface area (TPSA) is 195 Å². The lowest BCUT2D eigenvalue weighted by Gasteiger charge is -2.26. The van der Waals surface area contributed by atoms with Gasteiger partial charge in [0.1, 0.15) is 24.2 Å². The molecule has 12 heteroatoms. The highest BCUT2D eigenvalue weighted by Gasteiger charge is 2.32. The molecule has 2 amide bonds. The first-order valence-corrected chi connectivity index (χ1v) is 8.85. The molecule has 0 aromatic carbocycles. The Balaban J connectivity index is 2.62. The highest BCUT2D eigenvalue weighted by atomic mass is 16.4. The fraction of sp³-hybridized carbons (Fsp3) is 0.471. The monoisotopic (exact) mass is 411 g/mol. The Morgan fingerprint density at radius 3 is 1.83 bits per heavy atom. The van der Waals surface area contributed by atoms with Crippen LogP contribution in [0, 0.1) is 0 Å². The number of amides is 2. The van der Waals surface area contributed by atoms with Crippen LogP contribution in [-0.4, -0.2) is 61.8 Å². The number of carboxylic acid groups (broad SMARTS) is 2. The summed E-state index contributed by atoms with van der Waals surface area (Å²) in [7, 11) is 0. The summed E-state index contributed by atoms with van der Waals surface area (Å²) in [6.45, 7) is -1.68. The third kappa shape index (κ3) is 4.83. The van der Waals surface area contributed by atoms with Crippen molar-refractivity contribution in [2.45, 2.75) is 38.1 Å². The van der Waals surface area contributed by atoms with Crippen LogP contribution >= 0.6 is 0 Å². The Hall–Kier alpha value is -3.57. The molecule has 1 aromatic rings. The highest BCUT2D eigenvalue weighted by Crippen LogP contribution is 2.35. The van der Waals surface area contributed by atoms with E-state index in [2.05, 4.69) is 0 Å². The molecule has 12 nitrogen and oxygen atoms in total. The molecule has 0 atom stereocenters. The lowest BCUT2D eigenvalue weighted by atomic mass is 9.94. The second kappa shape index (κ2) is 9.08. The van der Waals surface area contributed by atoms with Crippen molar-refractivity contribution >= 4 is 23.8 Å². The minimum Gasteiger partial charge on any atom is -0.506 e. The molecule has 0 bridgehead atoms.